The van der Waals surface area contributed by atoms with Crippen molar-refractivity contribution >= 4 is 27.8 Å². The molecule has 1 amide bonds. The Morgan fingerprint density at radius 3 is 2.94 bits per heavy atom. The van der Waals surface area contributed by atoms with Crippen LogP contribution in [0.2, 0.25) is 0 Å². The van der Waals surface area contributed by atoms with Gasteiger partial charge in [0.2, 0.25) is 0 Å². The highest BCUT2D eigenvalue weighted by atomic mass is 32.1. The molecule has 5 nitrogen and oxygen atoms in total. The van der Waals surface area contributed by atoms with E-state index in [9.17, 15) is 9.59 Å². The molecule has 6 heteroatoms. The minimum absolute atomic E-state index is 0.00225. The summed E-state index contributed by atoms with van der Waals surface area (Å²) in [6.45, 7) is 3.68. The minimum atomic E-state index is -0.400. The lowest BCUT2D eigenvalue weighted by atomic mass is 10.4. The zero-order valence-corrected chi connectivity index (χ0v) is 9.75. The number of carbonyl (C=O) groups excluding carboxylic acids is 1. The summed E-state index contributed by atoms with van der Waals surface area (Å²) in [5, 5.41) is 3.15. The molecular formula is C10H11N3O2S. The third kappa shape index (κ3) is 1.83. The minimum Gasteiger partial charge on any atom is -0.334 e. The Morgan fingerprint density at radius 2 is 2.31 bits per heavy atom. The Hall–Kier alpha value is -1.69. The third-order valence-corrected chi connectivity index (χ3v) is 2.97. The maximum absolute atomic E-state index is 11.8. The molecule has 84 valence electrons. The second kappa shape index (κ2) is 4.05. The lowest BCUT2D eigenvalue weighted by molar-refractivity contribution is 0.241. The lowest BCUT2D eigenvalue weighted by Gasteiger charge is -2.06. The van der Waals surface area contributed by atoms with Crippen LogP contribution in [0, 0.1) is 0 Å². The predicted molar refractivity (Wildman–Crippen MR) is 62.9 cm³/mol. The number of fused-ring (bicyclic) bond motifs is 1. The Kier molecular flexibility index (Phi) is 2.74. The van der Waals surface area contributed by atoms with Crippen molar-refractivity contribution in [3.05, 3.63) is 28.7 Å². The molecule has 2 heterocycles. The zero-order valence-electron chi connectivity index (χ0n) is 8.93. The van der Waals surface area contributed by atoms with E-state index in [0.29, 0.717) is 10.2 Å². The Morgan fingerprint density at radius 1 is 1.56 bits per heavy atom. The first-order valence-corrected chi connectivity index (χ1v) is 5.65. The van der Waals surface area contributed by atoms with E-state index >= 15 is 0 Å². The number of pyridine rings is 1. The van der Waals surface area contributed by atoms with Crippen molar-refractivity contribution in [1.82, 2.24) is 14.3 Å². The second-order valence-electron chi connectivity index (χ2n) is 3.65. The van der Waals surface area contributed by atoms with Crippen LogP contribution < -0.4 is 10.9 Å². The van der Waals surface area contributed by atoms with Crippen LogP contribution in [0.15, 0.2) is 23.1 Å². The summed E-state index contributed by atoms with van der Waals surface area (Å²) in [4.78, 5) is 28.1. The van der Waals surface area contributed by atoms with Crippen molar-refractivity contribution in [2.24, 2.45) is 0 Å². The van der Waals surface area contributed by atoms with E-state index in [0.717, 1.165) is 15.5 Å². The quantitative estimate of drug-likeness (QED) is 0.816. The monoisotopic (exact) mass is 237 g/mol. The van der Waals surface area contributed by atoms with Gasteiger partial charge in [-0.1, -0.05) is 0 Å². The zero-order chi connectivity index (χ0) is 11.7. The van der Waals surface area contributed by atoms with Crippen LogP contribution in [-0.4, -0.2) is 21.0 Å². The average molecular weight is 237 g/mol. The summed E-state index contributed by atoms with van der Waals surface area (Å²) < 4.78 is 1.09. The van der Waals surface area contributed by atoms with Gasteiger partial charge in [-0.05, 0) is 37.5 Å². The average Bonchev–Trinajstić information content (AvgIpc) is 2.56. The largest absolute Gasteiger partial charge is 0.338 e. The van der Waals surface area contributed by atoms with Gasteiger partial charge in [0.25, 0.3) is 5.56 Å². The highest BCUT2D eigenvalue weighted by Gasteiger charge is 2.14. The lowest BCUT2D eigenvalue weighted by Crippen LogP contribution is -2.37. The summed E-state index contributed by atoms with van der Waals surface area (Å²) in [7, 11) is 0. The number of hydrogen-bond acceptors (Lipinski definition) is 4. The Bertz CT molecular complexity index is 585. The van der Waals surface area contributed by atoms with Crippen LogP contribution in [0.25, 0.3) is 10.2 Å². The van der Waals surface area contributed by atoms with E-state index in [1.165, 1.54) is 0 Å². The fourth-order valence-corrected chi connectivity index (χ4v) is 2.15. The molecule has 0 spiro atoms. The topological polar surface area (TPSA) is 64.0 Å². The molecule has 0 radical (unpaired) electrons. The van der Waals surface area contributed by atoms with Gasteiger partial charge in [0.1, 0.15) is 4.83 Å². The van der Waals surface area contributed by atoms with E-state index in [2.05, 4.69) is 10.3 Å². The molecule has 0 aliphatic rings. The third-order valence-electron chi connectivity index (χ3n) is 1.96. The van der Waals surface area contributed by atoms with Gasteiger partial charge < -0.3 is 5.32 Å². The van der Waals surface area contributed by atoms with Crippen LogP contribution in [0.5, 0.6) is 0 Å². The Labute approximate surface area is 95.9 Å². The van der Waals surface area contributed by atoms with Gasteiger partial charge in [-0.2, -0.15) is 3.96 Å². The Balaban J connectivity index is 2.50. The molecule has 2 rings (SSSR count). The molecule has 0 aliphatic carbocycles. The van der Waals surface area contributed by atoms with Gasteiger partial charge in [0.15, 0.2) is 0 Å². The molecule has 0 aliphatic heterocycles. The van der Waals surface area contributed by atoms with Crippen molar-refractivity contribution in [2.75, 3.05) is 0 Å². The maximum Gasteiger partial charge on any atom is 0.338 e. The predicted octanol–water partition coefficient (Wildman–Crippen LogP) is 1.42. The molecule has 0 saturated carbocycles. The fourth-order valence-electron chi connectivity index (χ4n) is 1.30. The highest BCUT2D eigenvalue weighted by Crippen LogP contribution is 2.12. The molecule has 0 unspecified atom stereocenters. The summed E-state index contributed by atoms with van der Waals surface area (Å²) in [6.07, 6.45) is 1.60. The van der Waals surface area contributed by atoms with E-state index in [1.54, 1.807) is 18.3 Å². The summed E-state index contributed by atoms with van der Waals surface area (Å²) in [6, 6.07) is 2.95. The van der Waals surface area contributed by atoms with Crippen molar-refractivity contribution < 1.29 is 4.79 Å². The van der Waals surface area contributed by atoms with Gasteiger partial charge in [0, 0.05) is 12.2 Å². The van der Waals surface area contributed by atoms with Gasteiger partial charge in [-0.3, -0.25) is 4.79 Å². The van der Waals surface area contributed by atoms with Crippen molar-refractivity contribution in [3.8, 4) is 0 Å². The van der Waals surface area contributed by atoms with Crippen LogP contribution in [-0.2, 0) is 0 Å². The van der Waals surface area contributed by atoms with E-state index in [4.69, 9.17) is 0 Å². The fraction of sp³-hybridized carbons (Fsp3) is 0.300. The molecule has 2 aromatic rings. The van der Waals surface area contributed by atoms with Crippen molar-refractivity contribution in [3.63, 3.8) is 0 Å². The number of hydrogen-bond donors (Lipinski definition) is 1. The second-order valence-corrected chi connectivity index (χ2v) is 4.59. The van der Waals surface area contributed by atoms with E-state index in [-0.39, 0.29) is 11.6 Å². The van der Waals surface area contributed by atoms with Crippen LogP contribution in [0.4, 0.5) is 4.79 Å². The summed E-state index contributed by atoms with van der Waals surface area (Å²) in [5.74, 6) is 0. The van der Waals surface area contributed by atoms with Crippen LogP contribution in [0.3, 0.4) is 0 Å². The van der Waals surface area contributed by atoms with Crippen LogP contribution >= 0.6 is 11.5 Å². The highest BCUT2D eigenvalue weighted by molar-refractivity contribution is 7.14. The van der Waals surface area contributed by atoms with E-state index in [1.807, 2.05) is 13.8 Å². The molecule has 1 N–H and O–H groups in total. The van der Waals surface area contributed by atoms with E-state index < -0.39 is 6.03 Å². The first-order chi connectivity index (χ1) is 7.59. The summed E-state index contributed by atoms with van der Waals surface area (Å²) >= 11 is 1.05. The number of carbonyl (C=O) groups is 1. The molecule has 0 bridgehead atoms. The standard InChI is InChI=1S/C10H11N3O2S/c1-6(2)12-10(15)13-9(14)7-4-3-5-11-8(7)16-13/h3-6H,1-2H3,(H,12,15). The molecule has 0 fully saturated rings. The number of rotatable bonds is 1. The molecule has 0 aromatic carbocycles. The normalized spacial score (nSPS) is 10.9. The SMILES string of the molecule is CC(C)NC(=O)n1sc2ncccc2c1=O. The number of nitrogens with zero attached hydrogens (tertiary/aromatic N) is 2. The first-order valence-electron chi connectivity index (χ1n) is 4.87. The van der Waals surface area contributed by atoms with Crippen LogP contribution in [0.1, 0.15) is 13.8 Å². The molecule has 0 atom stereocenters. The number of aromatic nitrogens is 2. The number of nitrogens with one attached hydrogen (secondary N) is 1. The van der Waals surface area contributed by atoms with Crippen molar-refractivity contribution in [1.29, 1.82) is 0 Å². The molecule has 16 heavy (non-hydrogen) atoms. The van der Waals surface area contributed by atoms with Gasteiger partial charge in [-0.15, -0.1) is 0 Å². The molecule has 2 aromatic heterocycles. The first kappa shape index (κ1) is 10.8. The maximum atomic E-state index is 11.8. The van der Waals surface area contributed by atoms with Gasteiger partial charge in [0.05, 0.1) is 5.39 Å². The smallest absolute Gasteiger partial charge is 0.334 e. The molecule has 0 saturated heterocycles. The molecular weight excluding hydrogens is 226 g/mol. The summed E-state index contributed by atoms with van der Waals surface area (Å²) in [5.41, 5.74) is -0.314. The van der Waals surface area contributed by atoms with Gasteiger partial charge in [-0.25, -0.2) is 9.78 Å². The number of amides is 1. The van der Waals surface area contributed by atoms with Crippen molar-refractivity contribution in [2.45, 2.75) is 19.9 Å². The van der Waals surface area contributed by atoms with Gasteiger partial charge >= 0.3 is 6.03 Å².